The molecule has 2 aromatic rings. The Kier molecular flexibility index (Phi) is 9.79. The smallest absolute Gasteiger partial charge is 0.000484 e. The number of hydrogen-bond acceptors (Lipinski definition) is 2. The molecule has 2 aromatic carbocycles. The lowest BCUT2D eigenvalue weighted by Gasteiger charge is -2.34. The second-order valence-electron chi connectivity index (χ2n) is 6.20. The lowest BCUT2D eigenvalue weighted by molar-refractivity contribution is 0.506. The first-order valence-corrected chi connectivity index (χ1v) is 12.9. The summed E-state index contributed by atoms with van der Waals surface area (Å²) in [6, 6.07) is 22.3. The molecular formula is C22H34N2P2. The van der Waals surface area contributed by atoms with E-state index in [1.54, 1.807) is 0 Å². The summed E-state index contributed by atoms with van der Waals surface area (Å²) in [6.45, 7) is 13.7. The number of hydrogen-bond donors (Lipinski definition) is 0. The number of rotatable bonds is 11. The summed E-state index contributed by atoms with van der Waals surface area (Å²) in [5.41, 5.74) is 0. The Morgan fingerprint density at radius 2 is 0.846 bits per heavy atom. The highest BCUT2D eigenvalue weighted by molar-refractivity contribution is 7.67. The Bertz CT molecular complexity index is 543. The Morgan fingerprint density at radius 1 is 0.538 bits per heavy atom. The van der Waals surface area contributed by atoms with Gasteiger partial charge in [-0.1, -0.05) is 88.4 Å². The van der Waals surface area contributed by atoms with Gasteiger partial charge in [-0.25, -0.2) is 0 Å². The molecule has 0 saturated carbocycles. The van der Waals surface area contributed by atoms with Crippen LogP contribution in [-0.4, -0.2) is 47.8 Å². The summed E-state index contributed by atoms with van der Waals surface area (Å²) < 4.78 is 5.34. The van der Waals surface area contributed by atoms with Gasteiger partial charge in [0.05, 0.1) is 0 Å². The van der Waals surface area contributed by atoms with E-state index in [2.05, 4.69) is 97.7 Å². The number of benzene rings is 2. The van der Waals surface area contributed by atoms with Gasteiger partial charge in [0.25, 0.3) is 0 Å². The minimum atomic E-state index is -0.254. The zero-order chi connectivity index (χ0) is 18.8. The first kappa shape index (κ1) is 21.5. The van der Waals surface area contributed by atoms with Crippen LogP contribution in [0, 0.1) is 0 Å². The van der Waals surface area contributed by atoms with Crippen molar-refractivity contribution in [2.45, 2.75) is 27.7 Å². The highest BCUT2D eigenvalue weighted by Gasteiger charge is 2.23. The summed E-state index contributed by atoms with van der Waals surface area (Å²) in [5.74, 6) is 0. The van der Waals surface area contributed by atoms with E-state index in [1.165, 1.54) is 22.9 Å². The van der Waals surface area contributed by atoms with Gasteiger partial charge in [0.15, 0.2) is 0 Å². The average Bonchev–Trinajstić information content (AvgIpc) is 2.71. The molecule has 0 unspecified atom stereocenters. The molecule has 0 aliphatic heterocycles. The van der Waals surface area contributed by atoms with E-state index in [-0.39, 0.29) is 16.1 Å². The first-order chi connectivity index (χ1) is 12.7. The highest BCUT2D eigenvalue weighted by Crippen LogP contribution is 2.46. The van der Waals surface area contributed by atoms with Gasteiger partial charge < -0.3 is 0 Å². The van der Waals surface area contributed by atoms with Crippen LogP contribution in [0.5, 0.6) is 0 Å². The van der Waals surface area contributed by atoms with Crippen LogP contribution in [0.2, 0.25) is 0 Å². The standard InChI is InChI=1S/C22H34N2P2/c1-5-23(6-2)25(21-15-11-9-12-16-21)19-20-26(24(7-3)8-4)22-17-13-10-14-18-22/h9-18H,5-8,19-20H2,1-4H3/t25-,26+. The third kappa shape index (κ3) is 5.86. The third-order valence-electron chi connectivity index (χ3n) is 4.78. The topological polar surface area (TPSA) is 6.48 Å². The van der Waals surface area contributed by atoms with E-state index < -0.39 is 0 Å². The van der Waals surface area contributed by atoms with Crippen molar-refractivity contribution in [2.75, 3.05) is 38.5 Å². The normalized spacial score (nSPS) is 13.9. The molecule has 0 aliphatic rings. The van der Waals surface area contributed by atoms with Crippen LogP contribution in [0.1, 0.15) is 27.7 Å². The molecule has 0 heterocycles. The molecule has 0 fully saturated rings. The van der Waals surface area contributed by atoms with Crippen molar-refractivity contribution in [2.24, 2.45) is 0 Å². The van der Waals surface area contributed by atoms with Gasteiger partial charge in [-0.15, -0.1) is 0 Å². The molecular weight excluding hydrogens is 354 g/mol. The summed E-state index contributed by atoms with van der Waals surface area (Å²) in [4.78, 5) is 0. The van der Waals surface area contributed by atoms with Crippen molar-refractivity contribution in [1.82, 2.24) is 9.34 Å². The predicted molar refractivity (Wildman–Crippen MR) is 122 cm³/mol. The molecule has 0 saturated heterocycles. The molecule has 2 rings (SSSR count). The van der Waals surface area contributed by atoms with Crippen molar-refractivity contribution in [3.05, 3.63) is 60.7 Å². The molecule has 26 heavy (non-hydrogen) atoms. The predicted octanol–water partition coefficient (Wildman–Crippen LogP) is 5.11. The van der Waals surface area contributed by atoms with Crippen LogP contribution in [0.25, 0.3) is 0 Å². The van der Waals surface area contributed by atoms with Gasteiger partial charge in [-0.05, 0) is 65.3 Å². The molecule has 0 radical (unpaired) electrons. The maximum Gasteiger partial charge on any atom is -0.000484 e. The lowest BCUT2D eigenvalue weighted by atomic mass is 10.4. The van der Waals surface area contributed by atoms with Crippen LogP contribution >= 0.6 is 16.1 Å². The van der Waals surface area contributed by atoms with Crippen LogP contribution < -0.4 is 10.6 Å². The van der Waals surface area contributed by atoms with Crippen molar-refractivity contribution >= 4 is 26.8 Å². The summed E-state index contributed by atoms with van der Waals surface area (Å²) in [7, 11) is -0.508. The van der Waals surface area contributed by atoms with Gasteiger partial charge in [0.2, 0.25) is 0 Å². The first-order valence-electron chi connectivity index (χ1n) is 9.89. The fourth-order valence-corrected chi connectivity index (χ4v) is 9.04. The average molecular weight is 388 g/mol. The minimum absolute atomic E-state index is 0.254. The fraction of sp³-hybridized carbons (Fsp3) is 0.455. The monoisotopic (exact) mass is 388 g/mol. The molecule has 0 amide bonds. The van der Waals surface area contributed by atoms with Gasteiger partial charge in [0, 0.05) is 0 Å². The second-order valence-corrected chi connectivity index (χ2v) is 10.9. The van der Waals surface area contributed by atoms with Crippen LogP contribution in [-0.2, 0) is 0 Å². The molecule has 2 atom stereocenters. The fourth-order valence-electron chi connectivity index (χ4n) is 3.39. The van der Waals surface area contributed by atoms with E-state index in [0.29, 0.717) is 0 Å². The van der Waals surface area contributed by atoms with E-state index in [1.807, 2.05) is 0 Å². The second kappa shape index (κ2) is 11.8. The molecule has 4 heteroatoms. The minimum Gasteiger partial charge on any atom is -0.279 e. The van der Waals surface area contributed by atoms with Crippen molar-refractivity contribution in [3.8, 4) is 0 Å². The summed E-state index contributed by atoms with van der Waals surface area (Å²) in [6.07, 6.45) is 2.55. The van der Waals surface area contributed by atoms with E-state index in [0.717, 1.165) is 26.2 Å². The molecule has 142 valence electrons. The van der Waals surface area contributed by atoms with Gasteiger partial charge >= 0.3 is 0 Å². The Labute approximate surface area is 163 Å². The highest BCUT2D eigenvalue weighted by atomic mass is 31.1. The molecule has 2 nitrogen and oxygen atoms in total. The SMILES string of the molecule is CCN(CC)[P@](CC[P@@](c1ccccc1)N(CC)CC)c1ccccc1. The maximum atomic E-state index is 2.67. The zero-order valence-electron chi connectivity index (χ0n) is 16.8. The molecule has 0 spiro atoms. The molecule has 0 aromatic heterocycles. The Morgan fingerprint density at radius 3 is 1.12 bits per heavy atom. The largest absolute Gasteiger partial charge is 0.279 e. The number of nitrogens with zero attached hydrogens (tertiary/aromatic N) is 2. The van der Waals surface area contributed by atoms with Gasteiger partial charge in [-0.2, -0.15) is 0 Å². The maximum absolute atomic E-state index is 2.67. The lowest BCUT2D eigenvalue weighted by Crippen LogP contribution is -2.28. The molecule has 0 N–H and O–H groups in total. The van der Waals surface area contributed by atoms with E-state index in [4.69, 9.17) is 0 Å². The van der Waals surface area contributed by atoms with Crippen LogP contribution in [0.4, 0.5) is 0 Å². The summed E-state index contributed by atoms with van der Waals surface area (Å²) in [5, 5.41) is 3.04. The van der Waals surface area contributed by atoms with E-state index in [9.17, 15) is 0 Å². The van der Waals surface area contributed by atoms with E-state index >= 15 is 0 Å². The zero-order valence-corrected chi connectivity index (χ0v) is 18.6. The van der Waals surface area contributed by atoms with Crippen LogP contribution in [0.3, 0.4) is 0 Å². The van der Waals surface area contributed by atoms with Gasteiger partial charge in [0.1, 0.15) is 0 Å². The third-order valence-corrected chi connectivity index (χ3v) is 10.7. The quantitative estimate of drug-likeness (QED) is 0.493. The Balaban J connectivity index is 2.22. The molecule has 0 aliphatic carbocycles. The summed E-state index contributed by atoms with van der Waals surface area (Å²) >= 11 is 0. The van der Waals surface area contributed by atoms with Crippen LogP contribution in [0.15, 0.2) is 60.7 Å². The van der Waals surface area contributed by atoms with Crippen molar-refractivity contribution < 1.29 is 0 Å². The van der Waals surface area contributed by atoms with Crippen molar-refractivity contribution in [1.29, 1.82) is 0 Å². The van der Waals surface area contributed by atoms with Crippen molar-refractivity contribution in [3.63, 3.8) is 0 Å². The van der Waals surface area contributed by atoms with Gasteiger partial charge in [-0.3, -0.25) is 9.34 Å². The Hall–Kier alpha value is -0.780. The molecule has 0 bridgehead atoms.